The molecule has 4 rings (SSSR count). The standard InChI is InChI=1S/C41H64N5O8P/c1-3-4-5-6-7-8-9-10-11-12-13-14-15-16-17-18-24-50-29-36(51-28-34-21-19-20-33(25-34)27-42)31-53-55(48,49)52-30-35-26-39(47)41(2,54-35)38-23-22-37-40(43)44-32-45-46(37)38/h19-23,25,32,35-36,39,47H,3-18,24,26,28-31H2,1-2H3,(H,48,49)(H2,43,44,45)/t35-,36+,39+,41-/m0/s1. The number of anilines is 1. The summed E-state index contributed by atoms with van der Waals surface area (Å²) in [4.78, 5) is 14.6. The van der Waals surface area contributed by atoms with Crippen LogP contribution in [0.5, 0.6) is 0 Å². The highest BCUT2D eigenvalue weighted by molar-refractivity contribution is 7.47. The Labute approximate surface area is 327 Å². The molecule has 2 aromatic heterocycles. The van der Waals surface area contributed by atoms with Crippen LogP contribution in [0.3, 0.4) is 0 Å². The Morgan fingerprint density at radius 3 is 2.29 bits per heavy atom. The highest BCUT2D eigenvalue weighted by Gasteiger charge is 2.48. The van der Waals surface area contributed by atoms with Crippen LogP contribution in [-0.4, -0.2) is 69.3 Å². The number of benzene rings is 1. The topological polar surface area (TPSA) is 184 Å². The zero-order chi connectivity index (χ0) is 39.4. The minimum atomic E-state index is -4.54. The van der Waals surface area contributed by atoms with Gasteiger partial charge in [0.1, 0.15) is 23.5 Å². The summed E-state index contributed by atoms with van der Waals surface area (Å²) in [5.41, 5.74) is 7.24. The van der Waals surface area contributed by atoms with Crippen molar-refractivity contribution < 1.29 is 37.8 Å². The molecule has 0 spiro atoms. The second-order valence-corrected chi connectivity index (χ2v) is 16.4. The number of fused-ring (bicyclic) bond motifs is 1. The van der Waals surface area contributed by atoms with Crippen LogP contribution in [0.1, 0.15) is 140 Å². The largest absolute Gasteiger partial charge is 0.472 e. The lowest BCUT2D eigenvalue weighted by molar-refractivity contribution is -0.0898. The molecule has 1 aliphatic rings. The first-order chi connectivity index (χ1) is 26.6. The third kappa shape index (κ3) is 15.2. The maximum atomic E-state index is 13.0. The molecular formula is C41H64N5O8P. The zero-order valence-corrected chi connectivity index (χ0v) is 33.9. The van der Waals surface area contributed by atoms with Gasteiger partial charge in [-0.25, -0.2) is 14.1 Å². The van der Waals surface area contributed by atoms with Gasteiger partial charge in [0.15, 0.2) is 5.82 Å². The minimum Gasteiger partial charge on any atom is -0.390 e. The van der Waals surface area contributed by atoms with Crippen LogP contribution in [0.25, 0.3) is 5.52 Å². The van der Waals surface area contributed by atoms with Gasteiger partial charge < -0.3 is 29.9 Å². The van der Waals surface area contributed by atoms with Gasteiger partial charge in [0.2, 0.25) is 0 Å². The molecule has 3 aromatic rings. The average Bonchev–Trinajstić information content (AvgIpc) is 3.76. The van der Waals surface area contributed by atoms with Gasteiger partial charge in [-0.1, -0.05) is 115 Å². The van der Waals surface area contributed by atoms with Gasteiger partial charge in [-0.05, 0) is 43.2 Å². The van der Waals surface area contributed by atoms with Crippen molar-refractivity contribution in [2.24, 2.45) is 0 Å². The van der Waals surface area contributed by atoms with Crippen LogP contribution >= 0.6 is 7.82 Å². The fourth-order valence-electron chi connectivity index (χ4n) is 7.06. The van der Waals surface area contributed by atoms with Gasteiger partial charge in [0.05, 0.1) is 56.0 Å². The Morgan fingerprint density at radius 2 is 1.64 bits per heavy atom. The summed E-state index contributed by atoms with van der Waals surface area (Å²) >= 11 is 0. The molecule has 0 aliphatic carbocycles. The quantitative estimate of drug-likeness (QED) is 0.0451. The van der Waals surface area contributed by atoms with Crippen LogP contribution in [0.15, 0.2) is 42.7 Å². The van der Waals surface area contributed by atoms with E-state index in [1.54, 1.807) is 41.8 Å². The summed E-state index contributed by atoms with van der Waals surface area (Å²) < 4.78 is 43.4. The smallest absolute Gasteiger partial charge is 0.390 e. The van der Waals surface area contributed by atoms with Gasteiger partial charge >= 0.3 is 7.82 Å². The Kier molecular flexibility index (Phi) is 19.5. The second kappa shape index (κ2) is 24.0. The number of unbranched alkanes of at least 4 members (excludes halogenated alkanes) is 15. The molecule has 5 atom stereocenters. The van der Waals surface area contributed by atoms with E-state index in [9.17, 15) is 19.8 Å². The van der Waals surface area contributed by atoms with Crippen LogP contribution in [0, 0.1) is 11.3 Å². The Bertz CT molecular complexity index is 1640. The first-order valence-electron chi connectivity index (χ1n) is 20.4. The fraction of sp³-hybridized carbons (Fsp3) is 0.683. The van der Waals surface area contributed by atoms with E-state index in [0.29, 0.717) is 29.2 Å². The zero-order valence-electron chi connectivity index (χ0n) is 33.0. The third-order valence-electron chi connectivity index (χ3n) is 10.4. The normalized spacial score (nSPS) is 20.1. The van der Waals surface area contributed by atoms with Crippen molar-refractivity contribution in [1.29, 1.82) is 5.26 Å². The van der Waals surface area contributed by atoms with E-state index in [4.69, 9.17) is 29.0 Å². The fourth-order valence-corrected chi connectivity index (χ4v) is 7.84. The summed E-state index contributed by atoms with van der Waals surface area (Å²) in [5, 5.41) is 24.5. The number of aliphatic hydroxyl groups is 1. The first-order valence-corrected chi connectivity index (χ1v) is 21.9. The summed E-state index contributed by atoms with van der Waals surface area (Å²) in [6.07, 6.45) is 19.9. The van der Waals surface area contributed by atoms with Gasteiger partial charge in [-0.3, -0.25) is 9.05 Å². The van der Waals surface area contributed by atoms with Crippen molar-refractivity contribution in [2.75, 3.05) is 32.2 Å². The summed E-state index contributed by atoms with van der Waals surface area (Å²) in [7, 11) is -4.54. The van der Waals surface area contributed by atoms with Crippen molar-refractivity contribution in [2.45, 2.75) is 154 Å². The van der Waals surface area contributed by atoms with Crippen molar-refractivity contribution >= 4 is 19.2 Å². The number of nitrogens with zero attached hydrogens (tertiary/aromatic N) is 4. The number of phosphoric acid groups is 1. The van der Waals surface area contributed by atoms with Crippen LogP contribution in [0.2, 0.25) is 0 Å². The molecule has 14 heteroatoms. The Hall–Kier alpha value is -2.92. The molecule has 1 aromatic carbocycles. The highest BCUT2D eigenvalue weighted by Crippen LogP contribution is 2.46. The first kappa shape index (κ1) is 44.8. The van der Waals surface area contributed by atoms with Gasteiger partial charge in [-0.2, -0.15) is 10.4 Å². The lowest BCUT2D eigenvalue weighted by atomic mass is 9.95. The Balaban J connectivity index is 1.14. The lowest BCUT2D eigenvalue weighted by Gasteiger charge is -2.27. The van der Waals surface area contributed by atoms with Crippen LogP contribution in [-0.2, 0) is 40.0 Å². The molecule has 1 fully saturated rings. The maximum absolute atomic E-state index is 13.0. The molecule has 0 bridgehead atoms. The molecule has 0 radical (unpaired) electrons. The van der Waals surface area contributed by atoms with E-state index in [2.05, 4.69) is 23.1 Å². The monoisotopic (exact) mass is 785 g/mol. The number of hydrogen-bond acceptors (Lipinski definition) is 11. The number of aromatic nitrogens is 3. The van der Waals surface area contributed by atoms with Gasteiger partial charge in [0, 0.05) is 13.0 Å². The van der Waals surface area contributed by atoms with Gasteiger partial charge in [0.25, 0.3) is 0 Å². The van der Waals surface area contributed by atoms with Crippen LogP contribution < -0.4 is 5.73 Å². The maximum Gasteiger partial charge on any atom is 0.472 e. The van der Waals surface area contributed by atoms with E-state index >= 15 is 0 Å². The molecule has 1 saturated heterocycles. The molecule has 0 amide bonds. The molecule has 3 heterocycles. The van der Waals surface area contributed by atoms with Crippen molar-refractivity contribution in [3.63, 3.8) is 0 Å². The van der Waals surface area contributed by atoms with Crippen LogP contribution in [0.4, 0.5) is 5.82 Å². The number of nitrogen functional groups attached to an aromatic ring is 1. The highest BCUT2D eigenvalue weighted by atomic mass is 31.2. The third-order valence-corrected chi connectivity index (χ3v) is 11.3. The molecular weight excluding hydrogens is 721 g/mol. The number of nitrogens with two attached hydrogens (primary N) is 1. The Morgan fingerprint density at radius 1 is 0.982 bits per heavy atom. The molecule has 1 unspecified atom stereocenters. The van der Waals surface area contributed by atoms with Crippen molar-refractivity contribution in [3.8, 4) is 6.07 Å². The van der Waals surface area contributed by atoms with E-state index in [-0.39, 0.29) is 32.8 Å². The van der Waals surface area contributed by atoms with E-state index in [1.807, 2.05) is 6.07 Å². The SMILES string of the molecule is CCCCCCCCCCCCCCCCCCOC[C@H](COP(=O)(O)OC[C@@H]1C[C@@H](O)[C@](C)(c2ccc3c(N)ncnn23)O1)OCc1cccc(C#N)c1. The average molecular weight is 786 g/mol. The molecule has 1 aliphatic heterocycles. The van der Waals surface area contributed by atoms with E-state index < -0.39 is 31.7 Å². The summed E-state index contributed by atoms with van der Waals surface area (Å²) in [6, 6.07) is 12.7. The molecule has 0 saturated carbocycles. The number of aliphatic hydroxyl groups excluding tert-OH is 1. The number of hydrogen-bond donors (Lipinski definition) is 3. The van der Waals surface area contributed by atoms with E-state index in [1.165, 1.54) is 96.2 Å². The predicted molar refractivity (Wildman–Crippen MR) is 212 cm³/mol. The molecule has 306 valence electrons. The van der Waals surface area contributed by atoms with E-state index in [0.717, 1.165) is 18.4 Å². The van der Waals surface area contributed by atoms with Crippen molar-refractivity contribution in [1.82, 2.24) is 14.6 Å². The molecule has 4 N–H and O–H groups in total. The number of nitriles is 1. The molecule has 13 nitrogen and oxygen atoms in total. The van der Waals surface area contributed by atoms with Gasteiger partial charge in [-0.15, -0.1) is 0 Å². The predicted octanol–water partition coefficient (Wildman–Crippen LogP) is 8.55. The van der Waals surface area contributed by atoms with Crippen molar-refractivity contribution in [3.05, 3.63) is 59.5 Å². The second-order valence-electron chi connectivity index (χ2n) is 14.9. The molecule has 55 heavy (non-hydrogen) atoms. The minimum absolute atomic E-state index is 0.158. The summed E-state index contributed by atoms with van der Waals surface area (Å²) in [6.45, 7) is 4.32. The number of phosphoric ester groups is 1. The summed E-state index contributed by atoms with van der Waals surface area (Å²) in [5.74, 6) is 0.291. The number of ether oxygens (including phenoxy) is 3. The lowest BCUT2D eigenvalue weighted by Crippen LogP contribution is -2.35. The number of rotatable bonds is 29.